The summed E-state index contributed by atoms with van der Waals surface area (Å²) >= 11 is 0. The molecule has 0 radical (unpaired) electrons. The van der Waals surface area contributed by atoms with Gasteiger partial charge in [-0.1, -0.05) is 42.1 Å². The van der Waals surface area contributed by atoms with Gasteiger partial charge in [0, 0.05) is 0 Å². The minimum absolute atomic E-state index is 0. The maximum atomic E-state index is 11.9. The third-order valence-electron chi connectivity index (χ3n) is 2.78. The van der Waals surface area contributed by atoms with Crippen LogP contribution in [0.1, 0.15) is 16.1 Å². The maximum absolute atomic E-state index is 11.9. The van der Waals surface area contributed by atoms with Crippen molar-refractivity contribution >= 4 is 22.6 Å². The van der Waals surface area contributed by atoms with E-state index >= 15 is 0 Å². The molecule has 21 heavy (non-hydrogen) atoms. The summed E-state index contributed by atoms with van der Waals surface area (Å²) in [5.41, 5.74) is 2.25. The SMILES string of the molecule is [CH2-]c1noc2cc([N-]C(=O)c3ccccc3)ccc12.[Li+].[Li+]. The molecule has 0 aliphatic heterocycles. The van der Waals surface area contributed by atoms with Gasteiger partial charge >= 0.3 is 37.7 Å². The van der Waals surface area contributed by atoms with Gasteiger partial charge < -0.3 is 14.6 Å². The predicted octanol–water partition coefficient (Wildman–Crippen LogP) is -2.14. The van der Waals surface area contributed by atoms with Crippen LogP contribution in [-0.2, 0) is 0 Å². The molecule has 94 valence electrons. The van der Waals surface area contributed by atoms with Crippen LogP contribution in [0.5, 0.6) is 0 Å². The average Bonchev–Trinajstić information content (AvgIpc) is 2.81. The summed E-state index contributed by atoms with van der Waals surface area (Å²) < 4.78 is 5.09. The standard InChI is InChI=1S/C15H11N2O2.2Li/c1-10-13-8-7-12(9-14(13)19-17-10)16-15(18)11-5-3-2-4-6-11;;/h2-9H,1H2,(H,16,17,18);;/q-1;2*+1/p-1. The summed E-state index contributed by atoms with van der Waals surface area (Å²) in [6.07, 6.45) is 0. The first-order chi connectivity index (χ1) is 9.24. The van der Waals surface area contributed by atoms with Crippen LogP contribution >= 0.6 is 0 Å². The molecule has 1 heterocycles. The Hall–Kier alpha value is -1.56. The molecule has 0 bridgehead atoms. The third kappa shape index (κ3) is 3.76. The summed E-state index contributed by atoms with van der Waals surface area (Å²) in [5.74, 6) is -0.283. The normalized spacial score (nSPS) is 9.52. The molecule has 0 N–H and O–H groups in total. The van der Waals surface area contributed by atoms with Gasteiger partial charge in [-0.15, -0.1) is 22.3 Å². The zero-order chi connectivity index (χ0) is 13.2. The first-order valence-corrected chi connectivity index (χ1v) is 5.76. The maximum Gasteiger partial charge on any atom is 1.00 e. The molecule has 0 saturated carbocycles. The summed E-state index contributed by atoms with van der Waals surface area (Å²) in [5, 5.41) is 8.63. The molecule has 0 fully saturated rings. The number of rotatable bonds is 2. The summed E-state index contributed by atoms with van der Waals surface area (Å²) in [6.45, 7) is 3.74. The molecule has 0 unspecified atom stereocenters. The Morgan fingerprint density at radius 3 is 2.52 bits per heavy atom. The molecule has 0 aliphatic carbocycles. The minimum atomic E-state index is -0.283. The van der Waals surface area contributed by atoms with Gasteiger partial charge in [-0.25, -0.2) is 6.92 Å². The van der Waals surface area contributed by atoms with Crippen molar-refractivity contribution in [3.8, 4) is 0 Å². The fraction of sp³-hybridized carbons (Fsp3) is 0. The zero-order valence-corrected chi connectivity index (χ0v) is 12.0. The number of carbonyl (C=O) groups excluding carboxylic acids is 1. The van der Waals surface area contributed by atoms with Crippen molar-refractivity contribution in [1.29, 1.82) is 0 Å². The van der Waals surface area contributed by atoms with E-state index in [1.807, 2.05) is 6.07 Å². The smallest absolute Gasteiger partial charge is 0.623 e. The Labute approximate surface area is 146 Å². The van der Waals surface area contributed by atoms with Gasteiger partial charge in [0.25, 0.3) is 0 Å². The van der Waals surface area contributed by atoms with E-state index in [2.05, 4.69) is 17.4 Å². The van der Waals surface area contributed by atoms with Gasteiger partial charge in [0.05, 0.1) is 11.5 Å². The number of hydrogen-bond acceptors (Lipinski definition) is 3. The Balaban J connectivity index is 0.00000110. The van der Waals surface area contributed by atoms with Crippen molar-refractivity contribution in [2.75, 3.05) is 0 Å². The van der Waals surface area contributed by atoms with Gasteiger partial charge in [-0.05, 0) is 11.6 Å². The molecule has 0 spiro atoms. The predicted molar refractivity (Wildman–Crippen MR) is 72.3 cm³/mol. The van der Waals surface area contributed by atoms with Gasteiger partial charge in [0.1, 0.15) is 0 Å². The number of fused-ring (bicyclic) bond motifs is 1. The van der Waals surface area contributed by atoms with Crippen LogP contribution in [0.3, 0.4) is 0 Å². The second-order valence-electron chi connectivity index (χ2n) is 4.09. The summed E-state index contributed by atoms with van der Waals surface area (Å²) in [6, 6.07) is 14.1. The molecular weight excluding hydrogens is 254 g/mol. The van der Waals surface area contributed by atoms with E-state index in [9.17, 15) is 4.79 Å². The van der Waals surface area contributed by atoms with E-state index < -0.39 is 0 Å². The van der Waals surface area contributed by atoms with Crippen LogP contribution in [0.15, 0.2) is 53.1 Å². The van der Waals surface area contributed by atoms with Gasteiger partial charge in [-0.2, -0.15) is 0 Å². The van der Waals surface area contributed by atoms with Crippen LogP contribution in [0.4, 0.5) is 5.69 Å². The Morgan fingerprint density at radius 2 is 1.81 bits per heavy atom. The first-order valence-electron chi connectivity index (χ1n) is 5.76. The molecular formula is C15H10Li2N2O2. The average molecular weight is 264 g/mol. The fourth-order valence-corrected chi connectivity index (χ4v) is 1.81. The van der Waals surface area contributed by atoms with E-state index in [4.69, 9.17) is 4.52 Å². The van der Waals surface area contributed by atoms with Gasteiger partial charge in [0.2, 0.25) is 0 Å². The second-order valence-corrected chi connectivity index (χ2v) is 4.09. The Bertz CT molecular complexity index is 742. The Kier molecular flexibility index (Phi) is 6.21. The fourth-order valence-electron chi connectivity index (χ4n) is 1.81. The molecule has 3 rings (SSSR count). The molecule has 1 aromatic heterocycles. The topological polar surface area (TPSA) is 57.2 Å². The van der Waals surface area contributed by atoms with Crippen molar-refractivity contribution in [1.82, 2.24) is 5.16 Å². The molecule has 6 heteroatoms. The minimum Gasteiger partial charge on any atom is -0.623 e. The summed E-state index contributed by atoms with van der Waals surface area (Å²) in [7, 11) is 0. The quantitative estimate of drug-likeness (QED) is 0.392. The molecule has 0 saturated heterocycles. The van der Waals surface area contributed by atoms with Crippen molar-refractivity contribution in [3.63, 3.8) is 0 Å². The zero-order valence-electron chi connectivity index (χ0n) is 12.0. The monoisotopic (exact) mass is 264 g/mol. The summed E-state index contributed by atoms with van der Waals surface area (Å²) in [4.78, 5) is 11.9. The van der Waals surface area contributed by atoms with E-state index in [-0.39, 0.29) is 43.6 Å². The molecule has 2 aromatic carbocycles. The van der Waals surface area contributed by atoms with Crippen LogP contribution in [0, 0.1) is 6.92 Å². The first kappa shape index (κ1) is 17.5. The number of aromatic nitrogens is 1. The largest absolute Gasteiger partial charge is 1.00 e. The van der Waals surface area contributed by atoms with E-state index in [0.717, 1.165) is 5.39 Å². The van der Waals surface area contributed by atoms with Crippen molar-refractivity contribution in [3.05, 3.63) is 72.0 Å². The molecule has 1 amide bonds. The number of benzene rings is 2. The van der Waals surface area contributed by atoms with Crippen LogP contribution in [0.2, 0.25) is 0 Å². The van der Waals surface area contributed by atoms with Crippen LogP contribution in [0.25, 0.3) is 16.3 Å². The number of hydrogen-bond donors (Lipinski definition) is 0. The van der Waals surface area contributed by atoms with Crippen LogP contribution < -0.4 is 37.7 Å². The number of nitrogens with zero attached hydrogens (tertiary/aromatic N) is 2. The number of carbonyl (C=O) groups is 1. The van der Waals surface area contributed by atoms with Gasteiger partial charge in [-0.3, -0.25) is 0 Å². The molecule has 4 nitrogen and oxygen atoms in total. The Morgan fingerprint density at radius 1 is 1.10 bits per heavy atom. The number of amides is 1. The van der Waals surface area contributed by atoms with E-state index in [0.29, 0.717) is 22.5 Å². The van der Waals surface area contributed by atoms with Crippen LogP contribution in [-0.4, -0.2) is 11.1 Å². The van der Waals surface area contributed by atoms with Crippen molar-refractivity contribution in [2.45, 2.75) is 0 Å². The third-order valence-corrected chi connectivity index (χ3v) is 2.78. The van der Waals surface area contributed by atoms with Gasteiger partial charge in [0.15, 0.2) is 0 Å². The molecule has 0 aliphatic rings. The molecule has 3 aromatic rings. The van der Waals surface area contributed by atoms with Crippen molar-refractivity contribution < 1.29 is 47.0 Å². The van der Waals surface area contributed by atoms with E-state index in [1.54, 1.807) is 42.5 Å². The second kappa shape index (κ2) is 7.45. The molecule has 0 atom stereocenters. The van der Waals surface area contributed by atoms with E-state index in [1.165, 1.54) is 0 Å². The van der Waals surface area contributed by atoms with Crippen molar-refractivity contribution in [2.24, 2.45) is 0 Å².